The number of hydrogen-bond acceptors (Lipinski definition) is 3. The first-order valence-electron chi connectivity index (χ1n) is 8.94. The van der Waals surface area contributed by atoms with Gasteiger partial charge in [0.15, 0.2) is 5.82 Å². The van der Waals surface area contributed by atoms with Gasteiger partial charge in [0.2, 0.25) is 0 Å². The molecule has 4 rings (SSSR count). The molecule has 0 aliphatic heterocycles. The summed E-state index contributed by atoms with van der Waals surface area (Å²) < 4.78 is 1.74. The lowest BCUT2D eigenvalue weighted by Crippen LogP contribution is -2.36. The Morgan fingerprint density at radius 3 is 2.76 bits per heavy atom. The molecule has 0 radical (unpaired) electrons. The van der Waals surface area contributed by atoms with Crippen molar-refractivity contribution in [3.63, 3.8) is 0 Å². The zero-order valence-corrected chi connectivity index (χ0v) is 14.4. The van der Waals surface area contributed by atoms with E-state index in [1.807, 2.05) is 43.3 Å². The number of amides is 1. The number of para-hydroxylation sites is 1. The molecule has 5 nitrogen and oxygen atoms in total. The molecule has 3 aromatic rings. The van der Waals surface area contributed by atoms with Crippen LogP contribution < -0.4 is 5.32 Å². The minimum atomic E-state index is -0.0311. The van der Waals surface area contributed by atoms with E-state index in [-0.39, 0.29) is 5.91 Å². The third-order valence-electron chi connectivity index (χ3n) is 5.00. The maximum atomic E-state index is 12.6. The van der Waals surface area contributed by atoms with Crippen molar-refractivity contribution in [1.29, 1.82) is 0 Å². The van der Waals surface area contributed by atoms with Crippen molar-refractivity contribution in [2.75, 3.05) is 0 Å². The van der Waals surface area contributed by atoms with Gasteiger partial charge < -0.3 is 5.32 Å². The van der Waals surface area contributed by atoms with Gasteiger partial charge in [-0.2, -0.15) is 5.10 Å². The van der Waals surface area contributed by atoms with Crippen molar-refractivity contribution < 1.29 is 4.79 Å². The molecule has 0 spiro atoms. The molecule has 1 fully saturated rings. The van der Waals surface area contributed by atoms with E-state index in [2.05, 4.69) is 15.4 Å². The highest BCUT2D eigenvalue weighted by atomic mass is 16.1. The third kappa shape index (κ3) is 3.14. The fraction of sp³-hybridized carbons (Fsp3) is 0.350. The molecule has 0 atom stereocenters. The fourth-order valence-electron chi connectivity index (χ4n) is 3.55. The standard InChI is InChI=1S/C20H22N4O/c1-14-17(20(25)22-16-8-3-2-4-9-16)13-21-24(14)19-12-11-15-7-5-6-10-18(15)23-19/h5-7,10-13,16H,2-4,8-9H2,1H3,(H,22,25). The van der Waals surface area contributed by atoms with Crippen LogP contribution in [0.1, 0.15) is 48.2 Å². The monoisotopic (exact) mass is 334 g/mol. The summed E-state index contributed by atoms with van der Waals surface area (Å²) in [7, 11) is 0. The second kappa shape index (κ2) is 6.67. The molecule has 2 heterocycles. The molecule has 1 amide bonds. The fourth-order valence-corrected chi connectivity index (χ4v) is 3.55. The molecule has 1 N–H and O–H groups in total. The van der Waals surface area contributed by atoms with Crippen LogP contribution in [0, 0.1) is 6.92 Å². The molecule has 0 bridgehead atoms. The lowest BCUT2D eigenvalue weighted by atomic mass is 9.95. The summed E-state index contributed by atoms with van der Waals surface area (Å²) in [5, 5.41) is 8.65. The first-order chi connectivity index (χ1) is 12.2. The number of aromatic nitrogens is 3. The van der Waals surface area contributed by atoms with Crippen LogP contribution in [0.15, 0.2) is 42.6 Å². The maximum absolute atomic E-state index is 12.6. The number of carbonyl (C=O) groups is 1. The van der Waals surface area contributed by atoms with E-state index in [0.717, 1.165) is 35.3 Å². The SMILES string of the molecule is Cc1c(C(=O)NC2CCCCC2)cnn1-c1ccc2ccccc2n1. The van der Waals surface area contributed by atoms with Gasteiger partial charge in [-0.25, -0.2) is 9.67 Å². The van der Waals surface area contributed by atoms with Crippen LogP contribution in [0.5, 0.6) is 0 Å². The Labute approximate surface area is 147 Å². The molecule has 128 valence electrons. The normalized spacial score (nSPS) is 15.4. The number of fused-ring (bicyclic) bond motifs is 1. The molecule has 1 aromatic carbocycles. The van der Waals surface area contributed by atoms with Crippen LogP contribution in [-0.4, -0.2) is 26.7 Å². The van der Waals surface area contributed by atoms with Crippen LogP contribution in [0.25, 0.3) is 16.7 Å². The highest BCUT2D eigenvalue weighted by Crippen LogP contribution is 2.20. The van der Waals surface area contributed by atoms with Crippen molar-refractivity contribution in [2.24, 2.45) is 0 Å². The zero-order chi connectivity index (χ0) is 17.2. The molecular formula is C20H22N4O. The number of rotatable bonds is 3. The number of benzene rings is 1. The second-order valence-corrected chi connectivity index (χ2v) is 6.73. The number of nitrogens with zero attached hydrogens (tertiary/aromatic N) is 3. The van der Waals surface area contributed by atoms with Crippen LogP contribution in [0.2, 0.25) is 0 Å². The van der Waals surface area contributed by atoms with Crippen molar-refractivity contribution in [3.8, 4) is 5.82 Å². The van der Waals surface area contributed by atoms with Crippen molar-refractivity contribution in [3.05, 3.63) is 53.9 Å². The average molecular weight is 334 g/mol. The summed E-state index contributed by atoms with van der Waals surface area (Å²) >= 11 is 0. The Hall–Kier alpha value is -2.69. The predicted octanol–water partition coefficient (Wildman–Crippen LogP) is 3.79. The molecule has 25 heavy (non-hydrogen) atoms. The van der Waals surface area contributed by atoms with Gasteiger partial charge in [0, 0.05) is 11.4 Å². The van der Waals surface area contributed by atoms with E-state index in [9.17, 15) is 4.79 Å². The smallest absolute Gasteiger partial charge is 0.254 e. The molecular weight excluding hydrogens is 312 g/mol. The van der Waals surface area contributed by atoms with E-state index in [1.165, 1.54) is 19.3 Å². The molecule has 0 unspecified atom stereocenters. The van der Waals surface area contributed by atoms with Crippen LogP contribution in [-0.2, 0) is 0 Å². The minimum Gasteiger partial charge on any atom is -0.349 e. The summed E-state index contributed by atoms with van der Waals surface area (Å²) in [6.45, 7) is 1.92. The second-order valence-electron chi connectivity index (χ2n) is 6.73. The number of hydrogen-bond donors (Lipinski definition) is 1. The van der Waals surface area contributed by atoms with Gasteiger partial charge >= 0.3 is 0 Å². The Balaban J connectivity index is 1.60. The topological polar surface area (TPSA) is 59.8 Å². The lowest BCUT2D eigenvalue weighted by Gasteiger charge is -2.22. The maximum Gasteiger partial charge on any atom is 0.254 e. The summed E-state index contributed by atoms with van der Waals surface area (Å²) in [5.41, 5.74) is 2.36. The Kier molecular flexibility index (Phi) is 4.22. The van der Waals surface area contributed by atoms with Gasteiger partial charge in [-0.1, -0.05) is 37.5 Å². The van der Waals surface area contributed by atoms with Gasteiger partial charge in [-0.05, 0) is 38.0 Å². The van der Waals surface area contributed by atoms with E-state index in [4.69, 9.17) is 0 Å². The Morgan fingerprint density at radius 1 is 1.12 bits per heavy atom. The number of nitrogens with one attached hydrogen (secondary N) is 1. The molecule has 0 saturated heterocycles. The predicted molar refractivity (Wildman–Crippen MR) is 97.9 cm³/mol. The molecule has 1 saturated carbocycles. The number of carbonyl (C=O) groups excluding carboxylic acids is 1. The summed E-state index contributed by atoms with van der Waals surface area (Å²) in [4.78, 5) is 17.3. The highest BCUT2D eigenvalue weighted by molar-refractivity contribution is 5.95. The third-order valence-corrected chi connectivity index (χ3v) is 5.00. The van der Waals surface area contributed by atoms with Crippen LogP contribution >= 0.6 is 0 Å². The average Bonchev–Trinajstić information content (AvgIpc) is 3.04. The first kappa shape index (κ1) is 15.8. The van der Waals surface area contributed by atoms with Gasteiger partial charge in [0.25, 0.3) is 5.91 Å². The zero-order valence-electron chi connectivity index (χ0n) is 14.4. The van der Waals surface area contributed by atoms with E-state index >= 15 is 0 Å². The largest absolute Gasteiger partial charge is 0.349 e. The van der Waals surface area contributed by atoms with Gasteiger partial charge in [0.1, 0.15) is 0 Å². The van der Waals surface area contributed by atoms with Crippen LogP contribution in [0.3, 0.4) is 0 Å². The van der Waals surface area contributed by atoms with Crippen molar-refractivity contribution in [1.82, 2.24) is 20.1 Å². The molecule has 1 aliphatic carbocycles. The van der Waals surface area contributed by atoms with E-state index in [0.29, 0.717) is 11.6 Å². The minimum absolute atomic E-state index is 0.0311. The summed E-state index contributed by atoms with van der Waals surface area (Å²) in [5.74, 6) is 0.698. The Morgan fingerprint density at radius 2 is 1.92 bits per heavy atom. The molecule has 2 aromatic heterocycles. The van der Waals surface area contributed by atoms with Crippen molar-refractivity contribution in [2.45, 2.75) is 45.1 Å². The quantitative estimate of drug-likeness (QED) is 0.793. The van der Waals surface area contributed by atoms with Crippen molar-refractivity contribution >= 4 is 16.8 Å². The van der Waals surface area contributed by atoms with Gasteiger partial charge in [-0.15, -0.1) is 0 Å². The molecule has 1 aliphatic rings. The lowest BCUT2D eigenvalue weighted by molar-refractivity contribution is 0.0927. The van der Waals surface area contributed by atoms with Crippen LogP contribution in [0.4, 0.5) is 0 Å². The molecule has 5 heteroatoms. The van der Waals surface area contributed by atoms with Gasteiger partial charge in [0.05, 0.1) is 23.0 Å². The Bertz CT molecular complexity index is 909. The summed E-state index contributed by atoms with van der Waals surface area (Å²) in [6, 6.07) is 12.2. The first-order valence-corrected chi connectivity index (χ1v) is 8.94. The number of pyridine rings is 1. The van der Waals surface area contributed by atoms with E-state index < -0.39 is 0 Å². The highest BCUT2D eigenvalue weighted by Gasteiger charge is 2.20. The summed E-state index contributed by atoms with van der Waals surface area (Å²) in [6.07, 6.45) is 7.46. The van der Waals surface area contributed by atoms with Gasteiger partial charge in [-0.3, -0.25) is 4.79 Å². The van der Waals surface area contributed by atoms with E-state index in [1.54, 1.807) is 10.9 Å².